The van der Waals surface area contributed by atoms with Crippen molar-refractivity contribution in [1.29, 1.82) is 0 Å². The minimum Gasteiger partial charge on any atom is -0.392 e. The second kappa shape index (κ2) is 12.7. The molecule has 12 nitrogen and oxygen atoms in total. The Labute approximate surface area is 275 Å². The van der Waals surface area contributed by atoms with E-state index in [4.69, 9.17) is 4.74 Å². The molecule has 13 heteroatoms. The number of aromatic nitrogens is 5. The number of nitrogens with one attached hydrogen (secondary N) is 2. The van der Waals surface area contributed by atoms with Crippen LogP contribution in [0.15, 0.2) is 64.6 Å². The van der Waals surface area contributed by atoms with Gasteiger partial charge in [0.15, 0.2) is 5.82 Å². The summed E-state index contributed by atoms with van der Waals surface area (Å²) in [6, 6.07) is 9.56. The van der Waals surface area contributed by atoms with Crippen molar-refractivity contribution in [3.8, 4) is 16.9 Å². The van der Waals surface area contributed by atoms with E-state index in [9.17, 15) is 19.5 Å². The Balaban J connectivity index is 1.35. The molecule has 5 heterocycles. The number of ether oxygens (including phenoxy) is 1. The summed E-state index contributed by atoms with van der Waals surface area (Å²) in [6.07, 6.45) is 4.31. The van der Waals surface area contributed by atoms with Crippen molar-refractivity contribution in [2.45, 2.75) is 52.7 Å². The van der Waals surface area contributed by atoms with E-state index < -0.39 is 23.5 Å². The van der Waals surface area contributed by atoms with Crippen molar-refractivity contribution in [3.63, 3.8) is 0 Å². The fraction of sp³-hybridized carbons (Fsp3) is 0.314. The summed E-state index contributed by atoms with van der Waals surface area (Å²) in [4.78, 5) is 52.9. The van der Waals surface area contributed by atoms with Crippen LogP contribution >= 0.6 is 0 Å². The van der Waals surface area contributed by atoms with Gasteiger partial charge >= 0.3 is 0 Å². The number of aromatic amines is 1. The van der Waals surface area contributed by atoms with Crippen LogP contribution in [0.1, 0.15) is 54.9 Å². The van der Waals surface area contributed by atoms with Gasteiger partial charge in [-0.3, -0.25) is 14.4 Å². The Kier molecular flexibility index (Phi) is 8.67. The highest BCUT2D eigenvalue weighted by atomic mass is 19.1. The Morgan fingerprint density at radius 3 is 2.60 bits per heavy atom. The molecule has 1 amide bonds. The first kappa shape index (κ1) is 32.7. The number of hydrogen-bond donors (Lipinski definition) is 3. The molecule has 48 heavy (non-hydrogen) atoms. The molecule has 0 radical (unpaired) electrons. The van der Waals surface area contributed by atoms with Crippen molar-refractivity contribution in [3.05, 3.63) is 104 Å². The molecule has 1 saturated heterocycles. The molecule has 1 atom stereocenters. The van der Waals surface area contributed by atoms with Gasteiger partial charge in [0.1, 0.15) is 17.3 Å². The zero-order valence-corrected chi connectivity index (χ0v) is 27.3. The van der Waals surface area contributed by atoms with Gasteiger partial charge in [0.2, 0.25) is 0 Å². The van der Waals surface area contributed by atoms with E-state index >= 15 is 4.39 Å². The molecule has 248 valence electrons. The molecule has 0 spiro atoms. The van der Waals surface area contributed by atoms with Crippen molar-refractivity contribution in [1.82, 2.24) is 29.6 Å². The first-order chi connectivity index (χ1) is 22.9. The first-order valence-corrected chi connectivity index (χ1v) is 15.5. The standard InChI is InChI=1S/C35H36FN7O5/c1-19-18-48-11-10-42(19)33(46)21-6-7-29(38-15-21)41-28-14-25(20(2)40-32(28)45)24-8-9-37-31(26(24)17-44)43-34(47)30-22(16-39-43)12-23(13-27(30)36)35(3,4)5/h6-9,12-16,19,44H,10-11,17-18H2,1-5H3,(H,38,41)(H,40,45)/t19-/m1/s1. The van der Waals surface area contributed by atoms with Crippen LogP contribution in [-0.2, 0) is 16.8 Å². The van der Waals surface area contributed by atoms with Gasteiger partial charge in [-0.15, -0.1) is 0 Å². The molecule has 5 aromatic rings. The van der Waals surface area contributed by atoms with Gasteiger partial charge < -0.3 is 25.0 Å². The maximum absolute atomic E-state index is 15.4. The lowest BCUT2D eigenvalue weighted by molar-refractivity contribution is 0.00357. The number of rotatable bonds is 6. The molecule has 1 aliphatic heterocycles. The van der Waals surface area contributed by atoms with Crippen molar-refractivity contribution < 1.29 is 19.0 Å². The number of morpholine rings is 1. The van der Waals surface area contributed by atoms with Crippen molar-refractivity contribution in [2.75, 3.05) is 25.1 Å². The lowest BCUT2D eigenvalue weighted by Crippen LogP contribution is -2.47. The van der Waals surface area contributed by atoms with E-state index in [1.54, 1.807) is 42.2 Å². The van der Waals surface area contributed by atoms with E-state index in [1.807, 2.05) is 27.7 Å². The number of carbonyl (C=O) groups is 1. The Hall–Kier alpha value is -5.27. The van der Waals surface area contributed by atoms with E-state index in [1.165, 1.54) is 24.7 Å². The monoisotopic (exact) mass is 653 g/mol. The number of aliphatic hydroxyl groups is 1. The van der Waals surface area contributed by atoms with Crippen molar-refractivity contribution >= 4 is 28.2 Å². The molecule has 3 N–H and O–H groups in total. The number of pyridine rings is 3. The van der Waals surface area contributed by atoms with Crippen LogP contribution in [0.25, 0.3) is 27.7 Å². The predicted molar refractivity (Wildman–Crippen MR) is 179 cm³/mol. The first-order valence-electron chi connectivity index (χ1n) is 15.5. The minimum atomic E-state index is -0.721. The summed E-state index contributed by atoms with van der Waals surface area (Å²) in [5, 5.41) is 18.1. The molecule has 4 aromatic heterocycles. The zero-order valence-electron chi connectivity index (χ0n) is 27.3. The van der Waals surface area contributed by atoms with Gasteiger partial charge in [-0.05, 0) is 66.8 Å². The molecule has 1 fully saturated rings. The predicted octanol–water partition coefficient (Wildman–Crippen LogP) is 4.37. The number of amides is 1. The van der Waals surface area contributed by atoms with Crippen LogP contribution in [0.2, 0.25) is 0 Å². The summed E-state index contributed by atoms with van der Waals surface area (Å²) in [5.74, 6) is -0.460. The third-order valence-corrected chi connectivity index (χ3v) is 8.53. The van der Waals surface area contributed by atoms with E-state index in [-0.39, 0.29) is 39.8 Å². The number of nitrogens with zero attached hydrogens (tertiary/aromatic N) is 5. The maximum Gasteiger partial charge on any atom is 0.283 e. The van der Waals surface area contributed by atoms with Crippen LogP contribution in [0.4, 0.5) is 15.9 Å². The molecule has 1 aliphatic rings. The summed E-state index contributed by atoms with van der Waals surface area (Å²) in [5.41, 5.74) is 1.57. The number of carbonyl (C=O) groups excluding carboxylic acids is 1. The summed E-state index contributed by atoms with van der Waals surface area (Å²) in [6.45, 7) is 10.4. The fourth-order valence-electron chi connectivity index (χ4n) is 5.81. The van der Waals surface area contributed by atoms with Gasteiger partial charge in [-0.25, -0.2) is 14.4 Å². The number of anilines is 2. The summed E-state index contributed by atoms with van der Waals surface area (Å²) < 4.78 is 21.8. The SMILES string of the molecule is Cc1[nH]c(=O)c(Nc2ccc(C(=O)N3CCOC[C@H]3C)cn2)cc1-c1ccnc(-n2ncc3cc(C(C)(C)C)cc(F)c3c2=O)c1CO. The average molecular weight is 654 g/mol. The van der Waals surface area contributed by atoms with Gasteiger partial charge in [0, 0.05) is 41.1 Å². The van der Waals surface area contributed by atoms with Gasteiger partial charge in [0.25, 0.3) is 17.0 Å². The summed E-state index contributed by atoms with van der Waals surface area (Å²) >= 11 is 0. The third-order valence-electron chi connectivity index (χ3n) is 8.53. The van der Waals surface area contributed by atoms with E-state index in [2.05, 4.69) is 25.4 Å². The highest BCUT2D eigenvalue weighted by Gasteiger charge is 2.25. The molecule has 1 aromatic carbocycles. The average Bonchev–Trinajstić information content (AvgIpc) is 3.05. The van der Waals surface area contributed by atoms with Gasteiger partial charge in [-0.1, -0.05) is 20.8 Å². The van der Waals surface area contributed by atoms with Crippen LogP contribution in [0.5, 0.6) is 0 Å². The quantitative estimate of drug-likeness (QED) is 0.242. The Morgan fingerprint density at radius 2 is 1.92 bits per heavy atom. The van der Waals surface area contributed by atoms with Crippen LogP contribution in [-0.4, -0.2) is 66.4 Å². The van der Waals surface area contributed by atoms with E-state index in [0.29, 0.717) is 53.3 Å². The highest BCUT2D eigenvalue weighted by Crippen LogP contribution is 2.31. The molecular weight excluding hydrogens is 617 g/mol. The number of hydrogen-bond acceptors (Lipinski definition) is 9. The van der Waals surface area contributed by atoms with Crippen LogP contribution in [0.3, 0.4) is 0 Å². The molecular formula is C35H36FN7O5. The molecule has 0 bridgehead atoms. The second-order valence-electron chi connectivity index (χ2n) is 12.9. The number of fused-ring (bicyclic) bond motifs is 1. The lowest BCUT2D eigenvalue weighted by atomic mass is 9.86. The molecule has 6 rings (SSSR count). The number of aryl methyl sites for hydroxylation is 1. The van der Waals surface area contributed by atoms with Gasteiger partial charge in [0.05, 0.1) is 43.0 Å². The number of H-pyrrole nitrogens is 1. The Morgan fingerprint density at radius 1 is 1.12 bits per heavy atom. The minimum absolute atomic E-state index is 0.0258. The maximum atomic E-state index is 15.4. The normalized spacial score (nSPS) is 15.1. The largest absolute Gasteiger partial charge is 0.392 e. The number of benzene rings is 1. The number of halogens is 1. The van der Waals surface area contributed by atoms with E-state index in [0.717, 1.165) is 10.2 Å². The van der Waals surface area contributed by atoms with Gasteiger partial charge in [-0.2, -0.15) is 9.78 Å². The third kappa shape index (κ3) is 6.09. The summed E-state index contributed by atoms with van der Waals surface area (Å²) in [7, 11) is 0. The topological polar surface area (TPSA) is 155 Å². The highest BCUT2D eigenvalue weighted by molar-refractivity contribution is 5.94. The Bertz CT molecular complexity index is 2160. The molecule has 0 unspecified atom stereocenters. The second-order valence-corrected chi connectivity index (χ2v) is 12.9. The van der Waals surface area contributed by atoms with Crippen molar-refractivity contribution in [2.24, 2.45) is 0 Å². The molecule has 0 aliphatic carbocycles. The van der Waals surface area contributed by atoms with Crippen LogP contribution < -0.4 is 16.4 Å². The zero-order chi connectivity index (χ0) is 34.3. The lowest BCUT2D eigenvalue weighted by Gasteiger charge is -2.33. The fourth-order valence-corrected chi connectivity index (χ4v) is 5.81. The smallest absolute Gasteiger partial charge is 0.283 e. The molecule has 0 saturated carbocycles. The van der Waals surface area contributed by atoms with Crippen LogP contribution in [0, 0.1) is 12.7 Å². The number of aliphatic hydroxyl groups excluding tert-OH is 1.